The van der Waals surface area contributed by atoms with Gasteiger partial charge in [0.05, 0.1) is 12.1 Å². The fraction of sp³-hybridized carbons (Fsp3) is 0.667. The number of ether oxygens (including phenoxy) is 1. The number of carbonyl (C=O) groups excluding carboxylic acids is 2. The van der Waals surface area contributed by atoms with Gasteiger partial charge in [0, 0.05) is 12.5 Å². The zero-order valence-corrected chi connectivity index (χ0v) is 19.6. The Hall–Kier alpha value is -2.08. The van der Waals surface area contributed by atoms with Crippen LogP contribution >= 0.6 is 0 Å². The van der Waals surface area contributed by atoms with Crippen molar-refractivity contribution < 1.29 is 19.4 Å². The second kappa shape index (κ2) is 11.3. The van der Waals surface area contributed by atoms with E-state index in [1.807, 2.05) is 30.3 Å². The summed E-state index contributed by atoms with van der Waals surface area (Å²) in [5, 5.41) is 16.6. The van der Waals surface area contributed by atoms with Crippen LogP contribution in [0.5, 0.6) is 0 Å². The lowest BCUT2D eigenvalue weighted by molar-refractivity contribution is -0.125. The van der Waals surface area contributed by atoms with Crippen LogP contribution in [0.3, 0.4) is 0 Å². The molecular formula is C24H40N2O4. The van der Waals surface area contributed by atoms with Crippen molar-refractivity contribution in [3.05, 3.63) is 35.9 Å². The van der Waals surface area contributed by atoms with Crippen LogP contribution in [0.4, 0.5) is 4.79 Å². The van der Waals surface area contributed by atoms with Crippen LogP contribution in [0.25, 0.3) is 0 Å². The van der Waals surface area contributed by atoms with Crippen LogP contribution in [0.2, 0.25) is 0 Å². The van der Waals surface area contributed by atoms with E-state index >= 15 is 0 Å². The van der Waals surface area contributed by atoms with Crippen molar-refractivity contribution in [3.63, 3.8) is 0 Å². The van der Waals surface area contributed by atoms with E-state index in [9.17, 15) is 14.7 Å². The summed E-state index contributed by atoms with van der Waals surface area (Å²) in [6.45, 7) is 14.2. The number of hydrogen-bond donors (Lipinski definition) is 3. The molecule has 0 saturated heterocycles. The Labute approximate surface area is 181 Å². The van der Waals surface area contributed by atoms with Gasteiger partial charge in [-0.3, -0.25) is 4.79 Å². The summed E-state index contributed by atoms with van der Waals surface area (Å²) in [6.07, 6.45) is 0.102. The first-order valence-corrected chi connectivity index (χ1v) is 10.8. The third-order valence-electron chi connectivity index (χ3n) is 4.68. The molecule has 1 aromatic rings. The molecule has 3 N–H and O–H groups in total. The highest BCUT2D eigenvalue weighted by molar-refractivity contribution is 5.78. The van der Waals surface area contributed by atoms with Crippen LogP contribution in [-0.2, 0) is 16.0 Å². The van der Waals surface area contributed by atoms with Gasteiger partial charge in [0.2, 0.25) is 5.91 Å². The molecule has 6 nitrogen and oxygen atoms in total. The second-order valence-electron chi connectivity index (χ2n) is 10.2. The lowest BCUT2D eigenvalue weighted by Gasteiger charge is -2.28. The Morgan fingerprint density at radius 3 is 2.20 bits per heavy atom. The predicted octanol–water partition coefficient (Wildman–Crippen LogP) is 4.06. The molecule has 0 spiro atoms. The van der Waals surface area contributed by atoms with E-state index in [0.717, 1.165) is 12.0 Å². The summed E-state index contributed by atoms with van der Waals surface area (Å²) in [4.78, 5) is 24.7. The lowest BCUT2D eigenvalue weighted by Crippen LogP contribution is -2.48. The van der Waals surface area contributed by atoms with Crippen molar-refractivity contribution >= 4 is 12.0 Å². The molecule has 0 radical (unpaired) electrons. The Morgan fingerprint density at radius 1 is 1.07 bits per heavy atom. The summed E-state index contributed by atoms with van der Waals surface area (Å²) < 4.78 is 5.35. The largest absolute Gasteiger partial charge is 0.444 e. The number of benzene rings is 1. The van der Waals surface area contributed by atoms with Crippen molar-refractivity contribution in [2.75, 3.05) is 6.54 Å². The number of alkyl carbamates (subject to hydrolysis) is 1. The standard InChI is InChI=1S/C24H40N2O4/c1-17(21(28)25-14-13-23(2,3)4)15-20(27)19(16-18-11-9-8-10-12-18)26-22(29)30-24(5,6)7/h8-12,17,19-20,27H,13-16H2,1-7H3,(H,25,28)(H,26,29)/t17-,19+,20-/m1/s1. The SMILES string of the molecule is C[C@H](C[C@@H](O)[C@H](Cc1ccccc1)NC(=O)OC(C)(C)C)C(=O)NCCC(C)(C)C. The van der Waals surface area contributed by atoms with Gasteiger partial charge in [-0.1, -0.05) is 58.0 Å². The Bertz CT molecular complexity index is 662. The fourth-order valence-electron chi connectivity index (χ4n) is 2.98. The quantitative estimate of drug-likeness (QED) is 0.562. The van der Waals surface area contributed by atoms with Crippen LogP contribution < -0.4 is 10.6 Å². The lowest BCUT2D eigenvalue weighted by atomic mass is 9.92. The molecule has 0 bridgehead atoms. The van der Waals surface area contributed by atoms with Crippen LogP contribution in [0, 0.1) is 11.3 Å². The van der Waals surface area contributed by atoms with Crippen LogP contribution in [0.1, 0.15) is 66.9 Å². The van der Waals surface area contributed by atoms with E-state index in [-0.39, 0.29) is 23.7 Å². The van der Waals surface area contributed by atoms with Gasteiger partial charge >= 0.3 is 6.09 Å². The maximum absolute atomic E-state index is 12.4. The maximum atomic E-state index is 12.4. The number of nitrogens with one attached hydrogen (secondary N) is 2. The summed E-state index contributed by atoms with van der Waals surface area (Å²) in [5.74, 6) is -0.465. The molecular weight excluding hydrogens is 380 g/mol. The average molecular weight is 421 g/mol. The summed E-state index contributed by atoms with van der Waals surface area (Å²) in [7, 11) is 0. The molecule has 1 aromatic carbocycles. The normalized spacial score (nSPS) is 15.1. The van der Waals surface area contributed by atoms with Crippen molar-refractivity contribution in [3.8, 4) is 0 Å². The molecule has 30 heavy (non-hydrogen) atoms. The average Bonchev–Trinajstić information content (AvgIpc) is 2.59. The minimum atomic E-state index is -0.888. The molecule has 0 aliphatic rings. The minimum Gasteiger partial charge on any atom is -0.444 e. The molecule has 0 fully saturated rings. The first-order chi connectivity index (χ1) is 13.8. The second-order valence-corrected chi connectivity index (χ2v) is 10.2. The fourth-order valence-corrected chi connectivity index (χ4v) is 2.98. The number of amides is 2. The van der Waals surface area contributed by atoms with Gasteiger partial charge < -0.3 is 20.5 Å². The number of rotatable bonds is 9. The van der Waals surface area contributed by atoms with E-state index in [4.69, 9.17) is 4.74 Å². The highest BCUT2D eigenvalue weighted by Gasteiger charge is 2.28. The Kier molecular flexibility index (Phi) is 9.82. The smallest absolute Gasteiger partial charge is 0.407 e. The molecule has 170 valence electrons. The minimum absolute atomic E-state index is 0.0889. The summed E-state index contributed by atoms with van der Waals surface area (Å²) >= 11 is 0. The first kappa shape index (κ1) is 26.0. The van der Waals surface area contributed by atoms with Gasteiger partial charge in [0.15, 0.2) is 0 Å². The van der Waals surface area contributed by atoms with Gasteiger partial charge in [-0.05, 0) is 51.0 Å². The van der Waals surface area contributed by atoms with Crippen molar-refractivity contribution in [2.45, 2.75) is 85.5 Å². The maximum Gasteiger partial charge on any atom is 0.407 e. The summed E-state index contributed by atoms with van der Waals surface area (Å²) in [5.41, 5.74) is 0.501. The van der Waals surface area contributed by atoms with E-state index in [1.54, 1.807) is 27.7 Å². The molecule has 0 saturated carbocycles. The molecule has 0 aliphatic heterocycles. The van der Waals surface area contributed by atoms with Crippen LogP contribution in [0.15, 0.2) is 30.3 Å². The molecule has 0 aromatic heterocycles. The number of hydrogen-bond acceptors (Lipinski definition) is 4. The molecule has 6 heteroatoms. The molecule has 1 rings (SSSR count). The van der Waals surface area contributed by atoms with E-state index < -0.39 is 23.8 Å². The topological polar surface area (TPSA) is 87.7 Å². The van der Waals surface area contributed by atoms with Crippen molar-refractivity contribution in [2.24, 2.45) is 11.3 Å². The van der Waals surface area contributed by atoms with Gasteiger partial charge in [0.1, 0.15) is 5.60 Å². The predicted molar refractivity (Wildman–Crippen MR) is 120 cm³/mol. The van der Waals surface area contributed by atoms with Crippen LogP contribution in [-0.4, -0.2) is 41.4 Å². The van der Waals surface area contributed by atoms with E-state index in [1.165, 1.54) is 0 Å². The highest BCUT2D eigenvalue weighted by Crippen LogP contribution is 2.18. The third kappa shape index (κ3) is 11.2. The number of aliphatic hydroxyl groups excluding tert-OH is 1. The van der Waals surface area contributed by atoms with Gasteiger partial charge in [-0.15, -0.1) is 0 Å². The van der Waals surface area contributed by atoms with Gasteiger partial charge in [-0.25, -0.2) is 4.79 Å². The van der Waals surface area contributed by atoms with E-state index in [2.05, 4.69) is 31.4 Å². The first-order valence-electron chi connectivity index (χ1n) is 10.8. The Morgan fingerprint density at radius 2 is 1.67 bits per heavy atom. The molecule has 2 amide bonds. The zero-order valence-electron chi connectivity index (χ0n) is 19.6. The molecule has 0 heterocycles. The number of aliphatic hydroxyl groups is 1. The third-order valence-corrected chi connectivity index (χ3v) is 4.68. The molecule has 3 atom stereocenters. The highest BCUT2D eigenvalue weighted by atomic mass is 16.6. The molecule has 0 unspecified atom stereocenters. The van der Waals surface area contributed by atoms with Gasteiger partial charge in [0.25, 0.3) is 0 Å². The zero-order chi connectivity index (χ0) is 22.9. The van der Waals surface area contributed by atoms with Crippen molar-refractivity contribution in [1.82, 2.24) is 10.6 Å². The monoisotopic (exact) mass is 420 g/mol. The summed E-state index contributed by atoms with van der Waals surface area (Å²) in [6, 6.07) is 9.07. The van der Waals surface area contributed by atoms with Crippen molar-refractivity contribution in [1.29, 1.82) is 0 Å². The number of carbonyl (C=O) groups is 2. The Balaban J connectivity index is 2.74. The van der Waals surface area contributed by atoms with E-state index in [0.29, 0.717) is 13.0 Å². The van der Waals surface area contributed by atoms with Gasteiger partial charge in [-0.2, -0.15) is 0 Å². The molecule has 0 aliphatic carbocycles.